The Morgan fingerprint density at radius 3 is 2.62 bits per heavy atom. The molecule has 1 fully saturated rings. The van der Waals surface area contributed by atoms with E-state index in [0.717, 1.165) is 25.9 Å². The molecule has 1 N–H and O–H groups in total. The predicted octanol–water partition coefficient (Wildman–Crippen LogP) is 2.52. The molecule has 0 radical (unpaired) electrons. The Morgan fingerprint density at radius 1 is 1.24 bits per heavy atom. The summed E-state index contributed by atoms with van der Waals surface area (Å²) in [6.07, 6.45) is 4.97. The number of likely N-dealkylation sites (tertiary alicyclic amines) is 1. The van der Waals surface area contributed by atoms with Crippen molar-refractivity contribution in [2.24, 2.45) is 0 Å². The number of aromatic nitrogens is 1. The largest absolute Gasteiger partial charge is 0.351 e. The lowest BCUT2D eigenvalue weighted by atomic mass is 10.1. The Morgan fingerprint density at radius 2 is 1.95 bits per heavy atom. The van der Waals surface area contributed by atoms with Crippen LogP contribution in [0.15, 0.2) is 12.3 Å². The molecular formula is C14H17Cl2N3O2. The van der Waals surface area contributed by atoms with Crippen LogP contribution in [-0.4, -0.2) is 41.3 Å². The van der Waals surface area contributed by atoms with Crippen LogP contribution in [0.25, 0.3) is 0 Å². The molecule has 0 spiro atoms. The fourth-order valence-electron chi connectivity index (χ4n) is 2.23. The summed E-state index contributed by atoms with van der Waals surface area (Å²) < 4.78 is 0. The number of carbonyl (C=O) groups is 2. The van der Waals surface area contributed by atoms with Crippen molar-refractivity contribution in [2.75, 3.05) is 19.6 Å². The van der Waals surface area contributed by atoms with Gasteiger partial charge in [0.05, 0.1) is 10.6 Å². The van der Waals surface area contributed by atoms with Crippen LogP contribution in [0.4, 0.5) is 0 Å². The minimum atomic E-state index is -0.312. The summed E-state index contributed by atoms with van der Waals surface area (Å²) in [7, 11) is 0. The number of pyridine rings is 1. The molecule has 2 amide bonds. The third-order valence-electron chi connectivity index (χ3n) is 3.39. The average Bonchev–Trinajstić information content (AvgIpc) is 2.50. The van der Waals surface area contributed by atoms with Crippen LogP contribution < -0.4 is 5.32 Å². The van der Waals surface area contributed by atoms with Gasteiger partial charge in [0.15, 0.2) is 0 Å². The highest BCUT2D eigenvalue weighted by Gasteiger charge is 2.16. The van der Waals surface area contributed by atoms with Gasteiger partial charge in [0, 0.05) is 32.3 Å². The minimum Gasteiger partial charge on any atom is -0.351 e. The highest BCUT2D eigenvalue weighted by molar-refractivity contribution is 6.41. The van der Waals surface area contributed by atoms with Crippen molar-refractivity contribution in [1.29, 1.82) is 0 Å². The maximum Gasteiger partial charge on any atom is 0.252 e. The van der Waals surface area contributed by atoms with Crippen LogP contribution in [0.2, 0.25) is 10.2 Å². The van der Waals surface area contributed by atoms with Gasteiger partial charge in [-0.2, -0.15) is 0 Å². The van der Waals surface area contributed by atoms with Gasteiger partial charge in [-0.25, -0.2) is 4.98 Å². The van der Waals surface area contributed by atoms with Crippen LogP contribution in [0.5, 0.6) is 0 Å². The van der Waals surface area contributed by atoms with Crippen LogP contribution in [0.3, 0.4) is 0 Å². The molecule has 0 atom stereocenters. The molecule has 0 aromatic carbocycles. The van der Waals surface area contributed by atoms with Crippen molar-refractivity contribution >= 4 is 35.0 Å². The molecule has 1 aliphatic heterocycles. The molecule has 5 nitrogen and oxygen atoms in total. The van der Waals surface area contributed by atoms with E-state index >= 15 is 0 Å². The number of halogens is 2. The van der Waals surface area contributed by atoms with E-state index < -0.39 is 0 Å². The van der Waals surface area contributed by atoms with Gasteiger partial charge in [0.1, 0.15) is 5.15 Å². The summed E-state index contributed by atoms with van der Waals surface area (Å²) in [5.41, 5.74) is 0.329. The summed E-state index contributed by atoms with van der Waals surface area (Å²) in [4.78, 5) is 29.5. The van der Waals surface area contributed by atoms with Crippen molar-refractivity contribution in [1.82, 2.24) is 15.2 Å². The van der Waals surface area contributed by atoms with E-state index in [1.807, 2.05) is 4.90 Å². The molecule has 1 aliphatic rings. The zero-order valence-electron chi connectivity index (χ0n) is 11.6. The van der Waals surface area contributed by atoms with E-state index in [9.17, 15) is 9.59 Å². The molecule has 21 heavy (non-hydrogen) atoms. The number of hydrogen-bond acceptors (Lipinski definition) is 3. The minimum absolute atomic E-state index is 0.0854. The van der Waals surface area contributed by atoms with E-state index in [1.165, 1.54) is 18.7 Å². The zero-order chi connectivity index (χ0) is 15.2. The Hall–Kier alpha value is -1.33. The summed E-state index contributed by atoms with van der Waals surface area (Å²) in [6.45, 7) is 1.95. The Bertz CT molecular complexity index is 531. The molecule has 0 saturated carbocycles. The van der Waals surface area contributed by atoms with Crippen LogP contribution >= 0.6 is 23.2 Å². The van der Waals surface area contributed by atoms with Crippen molar-refractivity contribution in [3.05, 3.63) is 28.0 Å². The van der Waals surface area contributed by atoms with Gasteiger partial charge in [-0.15, -0.1) is 0 Å². The Balaban J connectivity index is 1.78. The lowest BCUT2D eigenvalue weighted by Crippen LogP contribution is -2.37. The molecule has 114 valence electrons. The number of hydrogen-bond donors (Lipinski definition) is 1. The predicted molar refractivity (Wildman–Crippen MR) is 81.6 cm³/mol. The number of carbonyl (C=O) groups excluding carboxylic acids is 2. The van der Waals surface area contributed by atoms with Crippen molar-refractivity contribution < 1.29 is 9.59 Å². The second-order valence-corrected chi connectivity index (χ2v) is 5.71. The monoisotopic (exact) mass is 329 g/mol. The lowest BCUT2D eigenvalue weighted by Gasteiger charge is -2.26. The second-order valence-electron chi connectivity index (χ2n) is 4.94. The molecule has 1 aromatic heterocycles. The molecule has 2 heterocycles. The Kier molecular flexibility index (Phi) is 5.82. The fourth-order valence-corrected chi connectivity index (χ4v) is 2.50. The van der Waals surface area contributed by atoms with E-state index in [2.05, 4.69) is 10.3 Å². The first-order valence-corrected chi connectivity index (χ1v) is 7.70. The van der Waals surface area contributed by atoms with Gasteiger partial charge >= 0.3 is 0 Å². The van der Waals surface area contributed by atoms with E-state index in [-0.39, 0.29) is 22.0 Å². The number of nitrogens with zero attached hydrogens (tertiary/aromatic N) is 2. The molecule has 2 rings (SSSR count). The quantitative estimate of drug-likeness (QED) is 0.863. The van der Waals surface area contributed by atoms with Gasteiger partial charge in [0.25, 0.3) is 5.91 Å². The standard InChI is InChI=1S/C14H17Cl2N3O2/c15-11-8-10(9-18-13(11)16)14(21)17-5-4-12(20)19-6-2-1-3-7-19/h8-9H,1-7H2,(H,17,21). The third kappa shape index (κ3) is 4.58. The topological polar surface area (TPSA) is 62.3 Å². The van der Waals surface area contributed by atoms with Crippen LogP contribution in [0.1, 0.15) is 36.0 Å². The van der Waals surface area contributed by atoms with E-state index in [4.69, 9.17) is 23.2 Å². The molecule has 0 unspecified atom stereocenters. The first-order valence-electron chi connectivity index (χ1n) is 6.95. The zero-order valence-corrected chi connectivity index (χ0v) is 13.1. The number of nitrogens with one attached hydrogen (secondary N) is 1. The SMILES string of the molecule is O=C(NCCC(=O)N1CCCCC1)c1cnc(Cl)c(Cl)c1. The first kappa shape index (κ1) is 16.0. The molecule has 1 saturated heterocycles. The third-order valence-corrected chi connectivity index (χ3v) is 4.08. The second kappa shape index (κ2) is 7.61. The fraction of sp³-hybridized carbons (Fsp3) is 0.500. The molecule has 7 heteroatoms. The Labute approximate surface area is 133 Å². The molecule has 1 aromatic rings. The number of amides is 2. The average molecular weight is 330 g/mol. The van der Waals surface area contributed by atoms with Crippen LogP contribution in [0, 0.1) is 0 Å². The summed E-state index contributed by atoms with van der Waals surface area (Å²) in [6, 6.07) is 1.46. The summed E-state index contributed by atoms with van der Waals surface area (Å²) >= 11 is 11.5. The van der Waals surface area contributed by atoms with Gasteiger partial charge < -0.3 is 10.2 Å². The van der Waals surface area contributed by atoms with E-state index in [1.54, 1.807) is 0 Å². The maximum absolute atomic E-state index is 11.9. The van der Waals surface area contributed by atoms with Crippen LogP contribution in [-0.2, 0) is 4.79 Å². The molecule has 0 bridgehead atoms. The van der Waals surface area contributed by atoms with Crippen molar-refractivity contribution in [3.8, 4) is 0 Å². The normalized spacial score (nSPS) is 14.9. The molecular weight excluding hydrogens is 313 g/mol. The number of rotatable bonds is 4. The van der Waals surface area contributed by atoms with Gasteiger partial charge in [0.2, 0.25) is 5.91 Å². The first-order chi connectivity index (χ1) is 10.1. The van der Waals surface area contributed by atoms with Crippen molar-refractivity contribution in [3.63, 3.8) is 0 Å². The summed E-state index contributed by atoms with van der Waals surface area (Å²) in [5.74, 6) is -0.227. The van der Waals surface area contributed by atoms with Crippen molar-refractivity contribution in [2.45, 2.75) is 25.7 Å². The highest BCUT2D eigenvalue weighted by atomic mass is 35.5. The smallest absolute Gasteiger partial charge is 0.252 e. The maximum atomic E-state index is 11.9. The summed E-state index contributed by atoms with van der Waals surface area (Å²) in [5, 5.41) is 3.08. The lowest BCUT2D eigenvalue weighted by molar-refractivity contribution is -0.131. The van der Waals surface area contributed by atoms with Gasteiger partial charge in [-0.1, -0.05) is 23.2 Å². The highest BCUT2D eigenvalue weighted by Crippen LogP contribution is 2.19. The van der Waals surface area contributed by atoms with Gasteiger partial charge in [-0.05, 0) is 25.3 Å². The van der Waals surface area contributed by atoms with Gasteiger partial charge in [-0.3, -0.25) is 9.59 Å². The van der Waals surface area contributed by atoms with E-state index in [0.29, 0.717) is 18.5 Å². The molecule has 0 aliphatic carbocycles. The number of piperidine rings is 1.